The summed E-state index contributed by atoms with van der Waals surface area (Å²) in [5.74, 6) is 1.91. The zero-order chi connectivity index (χ0) is 47.2. The number of hydrogen-bond donors (Lipinski definition) is 2. The molecule has 65 heavy (non-hydrogen) atoms. The van der Waals surface area contributed by atoms with Crippen LogP contribution in [-0.2, 0) is 32.0 Å². The molecule has 15 heteroatoms. The summed E-state index contributed by atoms with van der Waals surface area (Å²) in [6.45, 7) is 11.9. The minimum atomic E-state index is -3.12. The zero-order valence-electron chi connectivity index (χ0n) is 38.9. The monoisotopic (exact) mass is 909 g/mol. The Labute approximate surface area is 381 Å². The summed E-state index contributed by atoms with van der Waals surface area (Å²) in [6, 6.07) is 33.1. The smallest absolute Gasteiger partial charge is 0.330 e. The molecule has 1 saturated heterocycles. The molecule has 0 aliphatic carbocycles. The lowest BCUT2D eigenvalue weighted by atomic mass is 9.63. The molecule has 0 amide bonds. The molecule has 1 unspecified atom stereocenters. The van der Waals surface area contributed by atoms with Gasteiger partial charge in [-0.2, -0.15) is 0 Å². The maximum absolute atomic E-state index is 14.3. The van der Waals surface area contributed by atoms with Gasteiger partial charge in [0.2, 0.25) is 6.54 Å². The van der Waals surface area contributed by atoms with Gasteiger partial charge in [0.05, 0.1) is 53.3 Å². The van der Waals surface area contributed by atoms with Gasteiger partial charge in [-0.25, -0.2) is 4.79 Å². The van der Waals surface area contributed by atoms with E-state index in [1.165, 1.54) is 10.8 Å². The molecule has 0 bridgehead atoms. The lowest BCUT2D eigenvalue weighted by molar-refractivity contribution is -0.480. The number of aromatic amines is 1. The Morgan fingerprint density at radius 1 is 0.862 bits per heavy atom. The highest BCUT2D eigenvalue weighted by atomic mass is 28.3. The molecule has 348 valence electrons. The highest BCUT2D eigenvalue weighted by molar-refractivity contribution is 6.83. The number of aromatic nitrogens is 2. The van der Waals surface area contributed by atoms with Gasteiger partial charge in [0.1, 0.15) is 29.5 Å². The predicted octanol–water partition coefficient (Wildman–Crippen LogP) is 7.78. The summed E-state index contributed by atoms with van der Waals surface area (Å²) in [5, 5.41) is 23.3. The van der Waals surface area contributed by atoms with E-state index in [0.29, 0.717) is 23.7 Å². The summed E-state index contributed by atoms with van der Waals surface area (Å²) < 4.78 is 39.8. The second-order valence-electron chi connectivity index (χ2n) is 18.4. The molecular weight excluding hydrogens is 847 g/mol. The van der Waals surface area contributed by atoms with Crippen LogP contribution < -0.4 is 25.5 Å². The van der Waals surface area contributed by atoms with E-state index >= 15 is 0 Å². The molecule has 4 atom stereocenters. The number of rotatable bonds is 20. The third kappa shape index (κ3) is 9.70. The molecule has 1 aliphatic rings. The van der Waals surface area contributed by atoms with E-state index in [2.05, 4.69) is 38.8 Å². The Hall–Kier alpha value is -5.58. The second kappa shape index (κ2) is 19.9. The summed E-state index contributed by atoms with van der Waals surface area (Å²) in [6.07, 6.45) is -0.330. The molecule has 4 aromatic carbocycles. The van der Waals surface area contributed by atoms with Crippen molar-refractivity contribution in [3.8, 4) is 17.2 Å². The Kier molecular flexibility index (Phi) is 14.9. The van der Waals surface area contributed by atoms with Crippen LogP contribution in [0.2, 0.25) is 18.1 Å². The topological polar surface area (TPSA) is 174 Å². The van der Waals surface area contributed by atoms with Crippen molar-refractivity contribution in [1.82, 2.24) is 9.55 Å². The molecule has 6 rings (SSSR count). The zero-order valence-corrected chi connectivity index (χ0v) is 39.9. The van der Waals surface area contributed by atoms with Gasteiger partial charge in [-0.15, -0.1) is 0 Å². The Balaban J connectivity index is 1.72. The van der Waals surface area contributed by atoms with Crippen LogP contribution in [-0.4, -0.2) is 86.2 Å². The van der Waals surface area contributed by atoms with Gasteiger partial charge in [0.25, 0.3) is 5.56 Å². The van der Waals surface area contributed by atoms with Crippen molar-refractivity contribution in [2.45, 2.75) is 100 Å². The third-order valence-corrected chi connectivity index (χ3v) is 20.0. The Bertz CT molecular complexity index is 2460. The van der Waals surface area contributed by atoms with Crippen LogP contribution in [0.4, 0.5) is 0 Å². The molecule has 5 aromatic rings. The fourth-order valence-electron chi connectivity index (χ4n) is 9.07. The van der Waals surface area contributed by atoms with Gasteiger partial charge in [-0.3, -0.25) is 24.5 Å². The highest BCUT2D eigenvalue weighted by Gasteiger charge is 2.70. The van der Waals surface area contributed by atoms with Crippen LogP contribution in [0.15, 0.2) is 119 Å². The molecule has 0 radical (unpaired) electrons. The summed E-state index contributed by atoms with van der Waals surface area (Å²) in [4.78, 5) is 40.5. The van der Waals surface area contributed by atoms with Crippen LogP contribution in [0.5, 0.6) is 17.2 Å². The largest absolute Gasteiger partial charge is 0.497 e. The first kappa shape index (κ1) is 48.9. The standard InChI is InChI=1S/C50H63N3O11Si/c1-35-31-52(46(55)51-45(35)54)48(34-62-29-14-13-28-53(57)58)33-49(56,65(8,9)47(2,3)4)43(64-48)44(63-32-36-16-15-19-42(30-36)61-7)50(37-17-11-10-12-18-37,38-20-24-40(59-5)25-21-38)39-22-26-41(60-6)27-23-39/h10-12,15-27,30-31,43-44,56H,13-14,28-29,32-34H2,1-9H3,(H,51,54,55)/t43-,44?,48+,49-/m1/s1. The molecule has 0 spiro atoms. The predicted molar refractivity (Wildman–Crippen MR) is 251 cm³/mol. The van der Waals surface area contributed by atoms with Crippen LogP contribution in [0, 0.1) is 17.0 Å². The molecule has 1 fully saturated rings. The van der Waals surface area contributed by atoms with E-state index in [-0.39, 0.29) is 49.7 Å². The summed E-state index contributed by atoms with van der Waals surface area (Å²) in [7, 11) is 1.70. The van der Waals surface area contributed by atoms with Crippen molar-refractivity contribution < 1.29 is 38.5 Å². The number of nitrogens with one attached hydrogen (secondary N) is 1. The lowest BCUT2D eigenvalue weighted by Crippen LogP contribution is -2.68. The van der Waals surface area contributed by atoms with Crippen molar-refractivity contribution in [1.29, 1.82) is 0 Å². The molecule has 14 nitrogen and oxygen atoms in total. The normalized spacial score (nSPS) is 19.4. The Morgan fingerprint density at radius 2 is 1.45 bits per heavy atom. The first-order valence-electron chi connectivity index (χ1n) is 21.9. The summed E-state index contributed by atoms with van der Waals surface area (Å²) >= 11 is 0. The van der Waals surface area contributed by atoms with Crippen molar-refractivity contribution in [2.24, 2.45) is 0 Å². The average molecular weight is 910 g/mol. The molecule has 2 heterocycles. The molecule has 1 aromatic heterocycles. The van der Waals surface area contributed by atoms with Crippen molar-refractivity contribution in [2.75, 3.05) is 41.1 Å². The van der Waals surface area contributed by atoms with Crippen molar-refractivity contribution in [3.63, 3.8) is 0 Å². The van der Waals surface area contributed by atoms with E-state index in [4.69, 9.17) is 28.4 Å². The Morgan fingerprint density at radius 3 is 2.00 bits per heavy atom. The number of unbranched alkanes of at least 4 members (excludes halogenated alkanes) is 1. The summed E-state index contributed by atoms with van der Waals surface area (Å²) in [5.41, 5.74) is -0.836. The van der Waals surface area contributed by atoms with Gasteiger partial charge < -0.3 is 33.5 Å². The van der Waals surface area contributed by atoms with Gasteiger partial charge in [0, 0.05) is 36.1 Å². The SMILES string of the molecule is COc1ccc(C(c2ccccc2)(c2ccc(OC)cc2)C(OCc2cccc(OC)c2)[C@H]2O[C@@](COCCCC[N+](=O)[O-])(n3cc(C)c(=O)[nH]c3=O)C[C@@]2(O)[Si](C)(C)C(C)(C)C)cc1. The first-order valence-corrected chi connectivity index (χ1v) is 24.9. The van der Waals surface area contributed by atoms with E-state index in [1.807, 2.05) is 103 Å². The third-order valence-electron chi connectivity index (χ3n) is 13.7. The van der Waals surface area contributed by atoms with Crippen LogP contribution >= 0.6 is 0 Å². The van der Waals surface area contributed by atoms with Crippen LogP contribution in [0.25, 0.3) is 0 Å². The minimum absolute atomic E-state index is 0.0495. The fourth-order valence-corrected chi connectivity index (χ4v) is 12.0. The number of methoxy groups -OCH3 is 3. The second-order valence-corrected chi connectivity index (χ2v) is 24.0. The molecule has 1 aliphatic heterocycles. The fraction of sp³-hybridized carbons (Fsp3) is 0.440. The number of hydrogen-bond acceptors (Lipinski definition) is 11. The van der Waals surface area contributed by atoms with E-state index in [1.54, 1.807) is 28.3 Å². The van der Waals surface area contributed by atoms with Gasteiger partial charge in [-0.05, 0) is 77.0 Å². The van der Waals surface area contributed by atoms with E-state index < -0.39 is 52.9 Å². The molecular formula is C50H63N3O11Si. The average Bonchev–Trinajstić information content (AvgIpc) is 3.61. The number of ether oxygens (including phenoxy) is 6. The van der Waals surface area contributed by atoms with E-state index in [0.717, 1.165) is 22.3 Å². The molecule has 0 saturated carbocycles. The number of aryl methyl sites for hydroxylation is 1. The van der Waals surface area contributed by atoms with Gasteiger partial charge in [0.15, 0.2) is 5.72 Å². The quantitative estimate of drug-likeness (QED) is 0.0257. The number of aliphatic hydroxyl groups is 1. The van der Waals surface area contributed by atoms with Gasteiger partial charge >= 0.3 is 5.69 Å². The maximum atomic E-state index is 14.3. The minimum Gasteiger partial charge on any atom is -0.497 e. The first-order chi connectivity index (χ1) is 30.9. The van der Waals surface area contributed by atoms with Crippen molar-refractivity contribution in [3.05, 3.63) is 168 Å². The number of nitrogens with zero attached hydrogens (tertiary/aromatic N) is 2. The van der Waals surface area contributed by atoms with E-state index in [9.17, 15) is 24.8 Å². The lowest BCUT2D eigenvalue weighted by Gasteiger charge is -2.53. The van der Waals surface area contributed by atoms with Gasteiger partial charge in [-0.1, -0.05) is 101 Å². The molecule has 2 N–H and O–H groups in total. The number of benzene rings is 4. The van der Waals surface area contributed by atoms with Crippen molar-refractivity contribution >= 4 is 8.07 Å². The number of H-pyrrole nitrogens is 1. The highest BCUT2D eigenvalue weighted by Crippen LogP contribution is 2.58. The van der Waals surface area contributed by atoms with Crippen LogP contribution in [0.3, 0.4) is 0 Å². The number of nitro groups is 1. The van der Waals surface area contributed by atoms with Crippen LogP contribution in [0.1, 0.15) is 67.9 Å². The maximum Gasteiger partial charge on any atom is 0.330 e.